The summed E-state index contributed by atoms with van der Waals surface area (Å²) in [5, 5.41) is 0. The lowest BCUT2D eigenvalue weighted by Crippen LogP contribution is -2.39. The molecule has 0 unspecified atom stereocenters. The highest BCUT2D eigenvalue weighted by Crippen LogP contribution is 2.04. The Hall–Kier alpha value is -2.08. The Morgan fingerprint density at radius 1 is 1.32 bits per heavy atom. The van der Waals surface area contributed by atoms with Crippen LogP contribution in [0, 0.1) is 0 Å². The van der Waals surface area contributed by atoms with Crippen molar-refractivity contribution < 1.29 is 14.3 Å². The van der Waals surface area contributed by atoms with Crippen molar-refractivity contribution in [1.29, 1.82) is 0 Å². The Morgan fingerprint density at radius 2 is 1.95 bits per heavy atom. The predicted octanol–water partition coefficient (Wildman–Crippen LogP) is 1.09. The lowest BCUT2D eigenvalue weighted by Gasteiger charge is -2.15. The highest BCUT2D eigenvalue weighted by Gasteiger charge is 2.16. The first-order valence-corrected chi connectivity index (χ1v) is 6.00. The van der Waals surface area contributed by atoms with Crippen molar-refractivity contribution >= 4 is 12.1 Å². The second kappa shape index (κ2) is 7.38. The maximum atomic E-state index is 11.3. The molecule has 0 saturated carbocycles. The number of carbonyl (C=O) groups is 2. The van der Waals surface area contributed by atoms with Crippen molar-refractivity contribution in [3.05, 3.63) is 35.9 Å². The van der Waals surface area contributed by atoms with Gasteiger partial charge in [0.15, 0.2) is 0 Å². The molecular weight excluding hydrogens is 246 g/mol. The lowest BCUT2D eigenvalue weighted by molar-refractivity contribution is 0.112. The minimum absolute atomic E-state index is 0.0588. The van der Waals surface area contributed by atoms with E-state index in [-0.39, 0.29) is 12.6 Å². The highest BCUT2D eigenvalue weighted by atomic mass is 16.6. The molecule has 0 fully saturated rings. The molecule has 0 heterocycles. The molecule has 0 aromatic heterocycles. The van der Waals surface area contributed by atoms with E-state index in [0.717, 1.165) is 6.42 Å². The largest absolute Gasteiger partial charge is 0.447 e. The van der Waals surface area contributed by atoms with Crippen LogP contribution >= 0.6 is 0 Å². The van der Waals surface area contributed by atoms with E-state index >= 15 is 0 Å². The van der Waals surface area contributed by atoms with Crippen LogP contribution in [-0.2, 0) is 11.2 Å². The summed E-state index contributed by atoms with van der Waals surface area (Å²) >= 11 is 0. The summed E-state index contributed by atoms with van der Waals surface area (Å²) in [5.41, 5.74) is 11.9. The number of nitrogens with zero attached hydrogens (tertiary/aromatic N) is 1. The van der Waals surface area contributed by atoms with Crippen LogP contribution in [0.2, 0.25) is 0 Å². The van der Waals surface area contributed by atoms with Crippen LogP contribution in [0.4, 0.5) is 9.59 Å². The molecule has 0 aliphatic carbocycles. The molecule has 3 amide bonds. The Bertz CT molecular complexity index is 422. The second-order valence-electron chi connectivity index (χ2n) is 4.26. The van der Waals surface area contributed by atoms with Crippen molar-refractivity contribution in [3.63, 3.8) is 0 Å². The van der Waals surface area contributed by atoms with E-state index in [0.29, 0.717) is 11.3 Å². The zero-order valence-electron chi connectivity index (χ0n) is 10.9. The smallest absolute Gasteiger partial charge is 0.417 e. The molecule has 1 aromatic rings. The summed E-state index contributed by atoms with van der Waals surface area (Å²) in [5.74, 6) is 0. The number of ether oxygens (including phenoxy) is 1. The van der Waals surface area contributed by atoms with E-state index in [1.807, 2.05) is 30.3 Å². The Labute approximate surface area is 112 Å². The van der Waals surface area contributed by atoms with Crippen molar-refractivity contribution in [3.8, 4) is 0 Å². The maximum absolute atomic E-state index is 11.3. The zero-order chi connectivity index (χ0) is 14.3. The Kier molecular flexibility index (Phi) is 5.81. The number of amides is 3. The van der Waals surface area contributed by atoms with Crippen LogP contribution in [0.25, 0.3) is 0 Å². The molecule has 1 atom stereocenters. The molecule has 0 aliphatic rings. The minimum atomic E-state index is -0.858. The Morgan fingerprint density at radius 3 is 2.53 bits per heavy atom. The third-order valence-electron chi connectivity index (χ3n) is 2.67. The van der Waals surface area contributed by atoms with Gasteiger partial charge in [-0.1, -0.05) is 30.3 Å². The SMILES string of the molecule is CN(C(N)=O)C(=O)OC[C@H](N)CCc1ccccc1. The van der Waals surface area contributed by atoms with Crippen LogP contribution < -0.4 is 11.5 Å². The fraction of sp³-hybridized carbons (Fsp3) is 0.385. The summed E-state index contributed by atoms with van der Waals surface area (Å²) in [6, 6.07) is 8.77. The third-order valence-corrected chi connectivity index (χ3v) is 2.67. The zero-order valence-corrected chi connectivity index (χ0v) is 10.9. The van der Waals surface area contributed by atoms with Gasteiger partial charge in [-0.2, -0.15) is 0 Å². The summed E-state index contributed by atoms with van der Waals surface area (Å²) in [6.07, 6.45) is 0.714. The average molecular weight is 265 g/mol. The number of nitrogens with two attached hydrogens (primary N) is 2. The predicted molar refractivity (Wildman–Crippen MR) is 71.4 cm³/mol. The van der Waals surface area contributed by atoms with Gasteiger partial charge >= 0.3 is 12.1 Å². The van der Waals surface area contributed by atoms with Gasteiger partial charge in [-0.15, -0.1) is 0 Å². The Balaban J connectivity index is 2.26. The lowest BCUT2D eigenvalue weighted by atomic mass is 10.1. The van der Waals surface area contributed by atoms with E-state index in [1.165, 1.54) is 12.6 Å². The molecule has 0 spiro atoms. The van der Waals surface area contributed by atoms with Crippen LogP contribution in [-0.4, -0.2) is 36.7 Å². The number of aryl methyl sites for hydroxylation is 1. The number of hydrogen-bond acceptors (Lipinski definition) is 4. The molecule has 104 valence electrons. The average Bonchev–Trinajstić information content (AvgIpc) is 2.42. The quantitative estimate of drug-likeness (QED) is 0.832. The van der Waals surface area contributed by atoms with Gasteiger partial charge < -0.3 is 16.2 Å². The van der Waals surface area contributed by atoms with Crippen molar-refractivity contribution in [2.45, 2.75) is 18.9 Å². The van der Waals surface area contributed by atoms with Crippen LogP contribution in [0.3, 0.4) is 0 Å². The van der Waals surface area contributed by atoms with E-state index in [4.69, 9.17) is 16.2 Å². The molecule has 19 heavy (non-hydrogen) atoms. The monoisotopic (exact) mass is 265 g/mol. The van der Waals surface area contributed by atoms with E-state index in [1.54, 1.807) is 0 Å². The van der Waals surface area contributed by atoms with Crippen LogP contribution in [0.15, 0.2) is 30.3 Å². The van der Waals surface area contributed by atoms with Gasteiger partial charge in [0, 0.05) is 13.1 Å². The molecule has 0 saturated heterocycles. The fourth-order valence-corrected chi connectivity index (χ4v) is 1.45. The van der Waals surface area contributed by atoms with E-state index in [9.17, 15) is 9.59 Å². The molecule has 1 rings (SSSR count). The number of benzene rings is 1. The van der Waals surface area contributed by atoms with Crippen molar-refractivity contribution in [1.82, 2.24) is 4.90 Å². The van der Waals surface area contributed by atoms with Crippen LogP contribution in [0.1, 0.15) is 12.0 Å². The topological polar surface area (TPSA) is 98.6 Å². The minimum Gasteiger partial charge on any atom is -0.447 e. The van der Waals surface area contributed by atoms with Gasteiger partial charge in [-0.3, -0.25) is 0 Å². The summed E-state index contributed by atoms with van der Waals surface area (Å²) in [4.78, 5) is 22.7. The van der Waals surface area contributed by atoms with Gasteiger partial charge in [0.2, 0.25) is 0 Å². The molecule has 6 nitrogen and oxygen atoms in total. The van der Waals surface area contributed by atoms with E-state index in [2.05, 4.69) is 0 Å². The van der Waals surface area contributed by atoms with Crippen LogP contribution in [0.5, 0.6) is 0 Å². The molecule has 4 N–H and O–H groups in total. The fourth-order valence-electron chi connectivity index (χ4n) is 1.45. The molecular formula is C13H19N3O3. The van der Waals surface area contributed by atoms with Gasteiger partial charge in [0.25, 0.3) is 0 Å². The standard InChI is InChI=1S/C13H19N3O3/c1-16(12(15)17)13(18)19-9-11(14)8-7-10-5-3-2-4-6-10/h2-6,11H,7-9,14H2,1H3,(H2,15,17)/t11-/m1/s1. The van der Waals surface area contributed by atoms with Gasteiger partial charge in [-0.05, 0) is 18.4 Å². The third kappa shape index (κ3) is 5.39. The first-order chi connectivity index (χ1) is 9.00. The number of primary amides is 1. The first kappa shape index (κ1) is 15.0. The number of carbonyl (C=O) groups excluding carboxylic acids is 2. The molecule has 1 aromatic carbocycles. The molecule has 0 aliphatic heterocycles. The van der Waals surface area contributed by atoms with Crippen molar-refractivity contribution in [2.24, 2.45) is 11.5 Å². The number of urea groups is 1. The second-order valence-corrected chi connectivity index (χ2v) is 4.26. The van der Waals surface area contributed by atoms with Gasteiger partial charge in [0.1, 0.15) is 6.61 Å². The summed E-state index contributed by atoms with van der Waals surface area (Å²) in [7, 11) is 1.25. The molecule has 6 heteroatoms. The van der Waals surface area contributed by atoms with Gasteiger partial charge in [0.05, 0.1) is 0 Å². The summed E-state index contributed by atoms with van der Waals surface area (Å²) < 4.78 is 4.88. The first-order valence-electron chi connectivity index (χ1n) is 6.00. The number of hydrogen-bond donors (Lipinski definition) is 2. The number of imide groups is 1. The molecule has 0 radical (unpaired) electrons. The van der Waals surface area contributed by atoms with Crippen molar-refractivity contribution in [2.75, 3.05) is 13.7 Å². The maximum Gasteiger partial charge on any atom is 0.417 e. The number of rotatable bonds is 5. The highest BCUT2D eigenvalue weighted by molar-refractivity contribution is 5.89. The molecule has 0 bridgehead atoms. The normalized spacial score (nSPS) is 11.7. The van der Waals surface area contributed by atoms with Gasteiger partial charge in [-0.25, -0.2) is 14.5 Å². The summed E-state index contributed by atoms with van der Waals surface area (Å²) in [6.45, 7) is 0.0588. The van der Waals surface area contributed by atoms with E-state index < -0.39 is 12.1 Å².